The van der Waals surface area contributed by atoms with E-state index in [-0.39, 0.29) is 0 Å². The van der Waals surface area contributed by atoms with Gasteiger partial charge in [-0.3, -0.25) is 0 Å². The standard InChI is InChI=1S/C20H43NO/c1-5-6-7-8-9-10-11-12-13-14-15-16-17-18(2)20(4,21)19(3)22/h18-19,22H,5-17,21H2,1-4H3. The van der Waals surface area contributed by atoms with E-state index in [9.17, 15) is 5.11 Å². The Morgan fingerprint density at radius 2 is 1.14 bits per heavy atom. The number of unbranched alkanes of at least 4 members (excludes halogenated alkanes) is 11. The van der Waals surface area contributed by atoms with Crippen molar-refractivity contribution in [3.05, 3.63) is 0 Å². The topological polar surface area (TPSA) is 46.2 Å². The Kier molecular flexibility index (Phi) is 13.3. The van der Waals surface area contributed by atoms with E-state index in [4.69, 9.17) is 5.73 Å². The predicted molar refractivity (Wildman–Crippen MR) is 99.1 cm³/mol. The number of nitrogens with two attached hydrogens (primary N) is 1. The Bertz CT molecular complexity index is 238. The predicted octanol–water partition coefficient (Wildman–Crippen LogP) is 5.81. The van der Waals surface area contributed by atoms with Crippen molar-refractivity contribution in [2.45, 2.75) is 123 Å². The van der Waals surface area contributed by atoms with E-state index in [1.54, 1.807) is 6.92 Å². The lowest BCUT2D eigenvalue weighted by atomic mass is 9.80. The number of aliphatic hydroxyl groups is 1. The quantitative estimate of drug-likeness (QED) is 0.375. The van der Waals surface area contributed by atoms with Crippen LogP contribution in [0, 0.1) is 5.92 Å². The van der Waals surface area contributed by atoms with Crippen molar-refractivity contribution in [1.82, 2.24) is 0 Å². The average Bonchev–Trinajstić information content (AvgIpc) is 2.47. The largest absolute Gasteiger partial charge is 0.392 e. The maximum atomic E-state index is 9.72. The molecule has 0 radical (unpaired) electrons. The zero-order valence-corrected chi connectivity index (χ0v) is 15.9. The average molecular weight is 314 g/mol. The minimum absolute atomic E-state index is 0.385. The first-order valence-corrected chi connectivity index (χ1v) is 9.89. The van der Waals surface area contributed by atoms with E-state index in [1.165, 1.54) is 77.0 Å². The number of hydrogen-bond donors (Lipinski definition) is 2. The maximum Gasteiger partial charge on any atom is 0.0691 e. The molecule has 0 aromatic rings. The molecule has 0 rings (SSSR count). The molecule has 0 aliphatic rings. The van der Waals surface area contributed by atoms with Crippen LogP contribution in [0.15, 0.2) is 0 Å². The first kappa shape index (κ1) is 21.9. The third-order valence-electron chi connectivity index (χ3n) is 5.45. The number of hydrogen-bond acceptors (Lipinski definition) is 2. The highest BCUT2D eigenvalue weighted by atomic mass is 16.3. The summed E-state index contributed by atoms with van der Waals surface area (Å²) in [6.45, 7) is 8.23. The summed E-state index contributed by atoms with van der Waals surface area (Å²) >= 11 is 0. The fourth-order valence-corrected chi connectivity index (χ4v) is 3.01. The van der Waals surface area contributed by atoms with Gasteiger partial charge < -0.3 is 10.8 Å². The first-order valence-electron chi connectivity index (χ1n) is 9.89. The molecule has 0 aliphatic heterocycles. The summed E-state index contributed by atoms with van der Waals surface area (Å²) < 4.78 is 0. The summed E-state index contributed by atoms with van der Waals surface area (Å²) in [7, 11) is 0. The highest BCUT2D eigenvalue weighted by Gasteiger charge is 2.30. The summed E-state index contributed by atoms with van der Waals surface area (Å²) in [6, 6.07) is 0. The minimum Gasteiger partial charge on any atom is -0.392 e. The van der Waals surface area contributed by atoms with Gasteiger partial charge in [-0.1, -0.05) is 90.9 Å². The van der Waals surface area contributed by atoms with Crippen molar-refractivity contribution in [3.63, 3.8) is 0 Å². The van der Waals surface area contributed by atoms with Gasteiger partial charge in [0.2, 0.25) is 0 Å². The number of aliphatic hydroxyl groups excluding tert-OH is 1. The molecule has 2 nitrogen and oxygen atoms in total. The smallest absolute Gasteiger partial charge is 0.0691 e. The molecule has 0 bridgehead atoms. The van der Waals surface area contributed by atoms with Crippen LogP contribution < -0.4 is 5.73 Å². The Morgan fingerprint density at radius 3 is 1.50 bits per heavy atom. The third kappa shape index (κ3) is 10.6. The maximum absolute atomic E-state index is 9.72. The van der Waals surface area contributed by atoms with Crippen LogP contribution in [-0.4, -0.2) is 16.7 Å². The Hall–Kier alpha value is -0.0800. The van der Waals surface area contributed by atoms with E-state index >= 15 is 0 Å². The minimum atomic E-state index is -0.447. The SMILES string of the molecule is CCCCCCCCCCCCCCC(C)C(C)(N)C(C)O. The molecule has 3 unspecified atom stereocenters. The van der Waals surface area contributed by atoms with Gasteiger partial charge in [-0.15, -0.1) is 0 Å². The van der Waals surface area contributed by atoms with Gasteiger partial charge in [0.15, 0.2) is 0 Å². The fraction of sp³-hybridized carbons (Fsp3) is 1.00. The summed E-state index contributed by atoms with van der Waals surface area (Å²) in [5, 5.41) is 9.72. The Balaban J connectivity index is 3.33. The van der Waals surface area contributed by atoms with Crippen LogP contribution in [0.5, 0.6) is 0 Å². The molecule has 0 aromatic heterocycles. The molecule has 2 heteroatoms. The van der Waals surface area contributed by atoms with Gasteiger partial charge in [-0.2, -0.15) is 0 Å². The molecule has 0 aliphatic carbocycles. The molecule has 3 atom stereocenters. The fourth-order valence-electron chi connectivity index (χ4n) is 3.01. The molecule has 0 amide bonds. The zero-order chi connectivity index (χ0) is 16.8. The molecule has 0 heterocycles. The van der Waals surface area contributed by atoms with Crippen LogP contribution in [-0.2, 0) is 0 Å². The van der Waals surface area contributed by atoms with Gasteiger partial charge in [0.1, 0.15) is 0 Å². The van der Waals surface area contributed by atoms with E-state index in [0.717, 1.165) is 6.42 Å². The molecule has 22 heavy (non-hydrogen) atoms. The van der Waals surface area contributed by atoms with E-state index in [2.05, 4.69) is 13.8 Å². The Morgan fingerprint density at radius 1 is 0.773 bits per heavy atom. The molecular weight excluding hydrogens is 270 g/mol. The van der Waals surface area contributed by atoms with Crippen molar-refractivity contribution in [2.24, 2.45) is 11.7 Å². The van der Waals surface area contributed by atoms with E-state index < -0.39 is 11.6 Å². The van der Waals surface area contributed by atoms with Crippen molar-refractivity contribution < 1.29 is 5.11 Å². The normalized spacial score (nSPS) is 17.2. The van der Waals surface area contributed by atoms with Crippen LogP contribution >= 0.6 is 0 Å². The highest BCUT2D eigenvalue weighted by Crippen LogP contribution is 2.24. The highest BCUT2D eigenvalue weighted by molar-refractivity contribution is 4.89. The van der Waals surface area contributed by atoms with Crippen LogP contribution in [0.2, 0.25) is 0 Å². The summed E-state index contributed by atoms with van der Waals surface area (Å²) in [4.78, 5) is 0. The van der Waals surface area contributed by atoms with Crippen molar-refractivity contribution in [1.29, 1.82) is 0 Å². The van der Waals surface area contributed by atoms with Gasteiger partial charge in [-0.25, -0.2) is 0 Å². The Labute approximate surface area is 140 Å². The summed E-state index contributed by atoms with van der Waals surface area (Å²) in [5.41, 5.74) is 5.75. The van der Waals surface area contributed by atoms with Crippen molar-refractivity contribution >= 4 is 0 Å². The van der Waals surface area contributed by atoms with Gasteiger partial charge in [0, 0.05) is 5.54 Å². The first-order chi connectivity index (χ1) is 10.4. The van der Waals surface area contributed by atoms with Crippen LogP contribution in [0.1, 0.15) is 111 Å². The monoisotopic (exact) mass is 313 g/mol. The van der Waals surface area contributed by atoms with Gasteiger partial charge in [-0.05, 0) is 26.2 Å². The van der Waals surface area contributed by atoms with E-state index in [1.807, 2.05) is 6.92 Å². The second-order valence-electron chi connectivity index (χ2n) is 7.62. The zero-order valence-electron chi connectivity index (χ0n) is 15.9. The van der Waals surface area contributed by atoms with E-state index in [0.29, 0.717) is 5.92 Å². The van der Waals surface area contributed by atoms with Gasteiger partial charge in [0.25, 0.3) is 0 Å². The number of rotatable bonds is 15. The van der Waals surface area contributed by atoms with Crippen LogP contribution in [0.4, 0.5) is 0 Å². The van der Waals surface area contributed by atoms with Crippen LogP contribution in [0.25, 0.3) is 0 Å². The summed E-state index contributed by atoms with van der Waals surface area (Å²) in [5.74, 6) is 0.385. The molecule has 0 fully saturated rings. The lowest BCUT2D eigenvalue weighted by Crippen LogP contribution is -2.51. The van der Waals surface area contributed by atoms with Crippen LogP contribution in [0.3, 0.4) is 0 Å². The van der Waals surface area contributed by atoms with Crippen molar-refractivity contribution in [2.75, 3.05) is 0 Å². The second kappa shape index (κ2) is 13.4. The molecule has 0 aromatic carbocycles. The molecule has 0 saturated heterocycles. The lowest BCUT2D eigenvalue weighted by Gasteiger charge is -2.34. The molecule has 3 N–H and O–H groups in total. The molecule has 0 saturated carbocycles. The molecular formula is C20H43NO. The molecule has 134 valence electrons. The summed E-state index contributed by atoms with van der Waals surface area (Å²) in [6.07, 6.45) is 17.3. The third-order valence-corrected chi connectivity index (χ3v) is 5.45. The van der Waals surface area contributed by atoms with Crippen molar-refractivity contribution in [3.8, 4) is 0 Å². The lowest BCUT2D eigenvalue weighted by molar-refractivity contribution is 0.0729. The molecule has 0 spiro atoms. The second-order valence-corrected chi connectivity index (χ2v) is 7.62. The van der Waals surface area contributed by atoms with Gasteiger partial charge >= 0.3 is 0 Å². The van der Waals surface area contributed by atoms with Gasteiger partial charge in [0.05, 0.1) is 6.10 Å².